The van der Waals surface area contributed by atoms with Crippen LogP contribution in [0.25, 0.3) is 0 Å². The van der Waals surface area contributed by atoms with E-state index >= 15 is 0 Å². The van der Waals surface area contributed by atoms with E-state index in [9.17, 15) is 13.2 Å². The Balaban J connectivity index is 2.35. The van der Waals surface area contributed by atoms with Crippen LogP contribution < -0.4 is 4.72 Å². The fraction of sp³-hybridized carbons (Fsp3) is 0.0909. The summed E-state index contributed by atoms with van der Waals surface area (Å²) in [6, 6.07) is 2.00. The fourth-order valence-electron chi connectivity index (χ4n) is 1.53. The van der Waals surface area contributed by atoms with Crippen molar-refractivity contribution in [3.63, 3.8) is 0 Å². The number of hydrogen-bond acceptors (Lipinski definition) is 4. The molecule has 0 spiro atoms. The zero-order chi connectivity index (χ0) is 15.6. The minimum Gasteiger partial charge on any atom is -0.478 e. The van der Waals surface area contributed by atoms with Gasteiger partial charge in [0.05, 0.1) is 28.5 Å². The summed E-state index contributed by atoms with van der Waals surface area (Å²) in [5.74, 6) is -1.35. The third-order valence-corrected chi connectivity index (χ3v) is 4.73. The molecule has 0 aliphatic carbocycles. The second kappa shape index (κ2) is 6.02. The number of carboxylic acids is 1. The van der Waals surface area contributed by atoms with Crippen molar-refractivity contribution in [2.45, 2.75) is 11.4 Å². The molecule has 10 heteroatoms. The van der Waals surface area contributed by atoms with Crippen molar-refractivity contribution >= 4 is 39.2 Å². The Labute approximate surface area is 130 Å². The second-order valence-electron chi connectivity index (χ2n) is 3.97. The average molecular weight is 350 g/mol. The number of hydrogen-bond donors (Lipinski definition) is 3. The fourth-order valence-corrected chi connectivity index (χ4v) is 3.39. The van der Waals surface area contributed by atoms with Crippen LogP contribution in [-0.2, 0) is 16.6 Å². The van der Waals surface area contributed by atoms with Crippen LogP contribution in [0.2, 0.25) is 10.0 Å². The monoisotopic (exact) mass is 349 g/mol. The van der Waals surface area contributed by atoms with Gasteiger partial charge in [-0.1, -0.05) is 23.2 Å². The quantitative estimate of drug-likeness (QED) is 0.762. The van der Waals surface area contributed by atoms with Crippen LogP contribution >= 0.6 is 23.2 Å². The first kappa shape index (κ1) is 15.8. The first-order valence-corrected chi connectivity index (χ1v) is 7.74. The largest absolute Gasteiger partial charge is 0.478 e. The van der Waals surface area contributed by atoms with Gasteiger partial charge in [-0.25, -0.2) is 22.9 Å². The number of halogens is 2. The standard InChI is InChI=1S/C11H9Cl2N3O4S/c12-8-2-9(13)10(1-7(8)11(17)18)21(19,20)16-4-6-3-14-5-15-6/h1-3,5,16H,4H2,(H,14,15)(H,17,18). The number of imidazole rings is 1. The lowest BCUT2D eigenvalue weighted by molar-refractivity contribution is 0.0697. The van der Waals surface area contributed by atoms with E-state index in [1.165, 1.54) is 12.5 Å². The summed E-state index contributed by atoms with van der Waals surface area (Å²) < 4.78 is 26.6. The summed E-state index contributed by atoms with van der Waals surface area (Å²) >= 11 is 11.5. The molecule has 0 unspecified atom stereocenters. The van der Waals surface area contributed by atoms with Gasteiger partial charge in [0.25, 0.3) is 0 Å². The maximum absolute atomic E-state index is 12.2. The lowest BCUT2D eigenvalue weighted by Gasteiger charge is -2.09. The number of nitrogens with zero attached hydrogens (tertiary/aromatic N) is 1. The van der Waals surface area contributed by atoms with E-state index in [-0.39, 0.29) is 27.0 Å². The van der Waals surface area contributed by atoms with Gasteiger partial charge in [0.2, 0.25) is 10.0 Å². The second-order valence-corrected chi connectivity index (χ2v) is 6.52. The Morgan fingerprint density at radius 3 is 2.62 bits per heavy atom. The molecule has 0 aliphatic heterocycles. The van der Waals surface area contributed by atoms with Gasteiger partial charge in [0, 0.05) is 11.9 Å². The van der Waals surface area contributed by atoms with E-state index in [1.54, 1.807) is 0 Å². The highest BCUT2D eigenvalue weighted by atomic mass is 35.5. The van der Waals surface area contributed by atoms with Gasteiger partial charge in [-0.3, -0.25) is 0 Å². The number of aromatic nitrogens is 2. The van der Waals surface area contributed by atoms with Gasteiger partial charge >= 0.3 is 5.97 Å². The van der Waals surface area contributed by atoms with E-state index in [0.29, 0.717) is 5.69 Å². The summed E-state index contributed by atoms with van der Waals surface area (Å²) in [6.45, 7) is -0.0380. The van der Waals surface area contributed by atoms with Crippen LogP contribution in [0.15, 0.2) is 29.6 Å². The molecule has 2 aromatic rings. The minimum absolute atomic E-state index is 0.0380. The van der Waals surface area contributed by atoms with E-state index in [1.807, 2.05) is 0 Å². The van der Waals surface area contributed by atoms with Crippen molar-refractivity contribution in [3.05, 3.63) is 46.0 Å². The number of H-pyrrole nitrogens is 1. The highest BCUT2D eigenvalue weighted by Crippen LogP contribution is 2.28. The van der Waals surface area contributed by atoms with Crippen molar-refractivity contribution in [1.29, 1.82) is 0 Å². The van der Waals surface area contributed by atoms with Gasteiger partial charge in [-0.2, -0.15) is 0 Å². The maximum Gasteiger partial charge on any atom is 0.337 e. The molecule has 2 rings (SSSR count). The van der Waals surface area contributed by atoms with Crippen molar-refractivity contribution in [2.75, 3.05) is 0 Å². The molecule has 112 valence electrons. The van der Waals surface area contributed by atoms with E-state index in [2.05, 4.69) is 14.7 Å². The molecule has 0 saturated carbocycles. The summed E-state index contributed by atoms with van der Waals surface area (Å²) in [5.41, 5.74) is 0.199. The number of aromatic amines is 1. The Kier molecular flexibility index (Phi) is 4.52. The van der Waals surface area contributed by atoms with Crippen molar-refractivity contribution in [1.82, 2.24) is 14.7 Å². The van der Waals surface area contributed by atoms with Crippen LogP contribution in [0.1, 0.15) is 16.1 Å². The summed E-state index contributed by atoms with van der Waals surface area (Å²) in [5, 5.41) is 8.67. The molecule has 21 heavy (non-hydrogen) atoms. The Hall–Kier alpha value is -1.61. The van der Waals surface area contributed by atoms with Crippen LogP contribution in [0, 0.1) is 0 Å². The minimum atomic E-state index is -3.99. The van der Waals surface area contributed by atoms with Gasteiger partial charge in [0.1, 0.15) is 4.90 Å². The number of aromatic carboxylic acids is 1. The smallest absolute Gasteiger partial charge is 0.337 e. The van der Waals surface area contributed by atoms with E-state index < -0.39 is 16.0 Å². The molecule has 0 saturated heterocycles. The van der Waals surface area contributed by atoms with Gasteiger partial charge < -0.3 is 10.1 Å². The molecule has 3 N–H and O–H groups in total. The molecule has 0 radical (unpaired) electrons. The average Bonchev–Trinajstić information content (AvgIpc) is 2.88. The molecule has 0 atom stereocenters. The van der Waals surface area contributed by atoms with Crippen LogP contribution in [0.5, 0.6) is 0 Å². The molecule has 0 aliphatic rings. The third-order valence-electron chi connectivity index (χ3n) is 2.55. The van der Waals surface area contributed by atoms with Crippen molar-refractivity contribution in [3.8, 4) is 0 Å². The molecule has 1 aromatic carbocycles. The molecule has 0 amide bonds. The number of carbonyl (C=O) groups is 1. The number of carboxylic acid groups (broad SMARTS) is 1. The number of benzene rings is 1. The molecule has 1 heterocycles. The topological polar surface area (TPSA) is 112 Å². The third kappa shape index (κ3) is 3.53. The number of rotatable bonds is 5. The van der Waals surface area contributed by atoms with Crippen LogP contribution in [-0.4, -0.2) is 29.5 Å². The Bertz CT molecular complexity index is 775. The lowest BCUT2D eigenvalue weighted by Crippen LogP contribution is -2.24. The van der Waals surface area contributed by atoms with Crippen LogP contribution in [0.3, 0.4) is 0 Å². The lowest BCUT2D eigenvalue weighted by atomic mass is 10.2. The first-order chi connectivity index (χ1) is 9.81. The predicted molar refractivity (Wildman–Crippen MR) is 76.0 cm³/mol. The molecule has 0 fully saturated rings. The number of nitrogens with one attached hydrogen (secondary N) is 2. The Morgan fingerprint density at radius 1 is 1.33 bits per heavy atom. The summed E-state index contributed by atoms with van der Waals surface area (Å²) in [7, 11) is -3.99. The molecule has 0 bridgehead atoms. The van der Waals surface area contributed by atoms with Crippen LogP contribution in [0.4, 0.5) is 0 Å². The van der Waals surface area contributed by atoms with Gasteiger partial charge in [-0.15, -0.1) is 0 Å². The molecule has 1 aromatic heterocycles. The molecular weight excluding hydrogens is 341 g/mol. The molecule has 7 nitrogen and oxygen atoms in total. The Morgan fingerprint density at radius 2 is 2.05 bits per heavy atom. The zero-order valence-electron chi connectivity index (χ0n) is 10.3. The van der Waals surface area contributed by atoms with E-state index in [4.69, 9.17) is 28.3 Å². The highest BCUT2D eigenvalue weighted by molar-refractivity contribution is 7.89. The normalized spacial score (nSPS) is 11.5. The van der Waals surface area contributed by atoms with Gasteiger partial charge in [-0.05, 0) is 12.1 Å². The highest BCUT2D eigenvalue weighted by Gasteiger charge is 2.22. The summed E-state index contributed by atoms with van der Waals surface area (Å²) in [6.07, 6.45) is 2.86. The first-order valence-electron chi connectivity index (χ1n) is 5.50. The maximum atomic E-state index is 12.2. The number of sulfonamides is 1. The van der Waals surface area contributed by atoms with Gasteiger partial charge in [0.15, 0.2) is 0 Å². The molecular formula is C11H9Cl2N3O4S. The van der Waals surface area contributed by atoms with Crippen molar-refractivity contribution in [2.24, 2.45) is 0 Å². The summed E-state index contributed by atoms with van der Waals surface area (Å²) in [4.78, 5) is 17.1. The SMILES string of the molecule is O=C(O)c1cc(S(=O)(=O)NCc2cnc[nH]2)c(Cl)cc1Cl. The van der Waals surface area contributed by atoms with E-state index in [0.717, 1.165) is 12.1 Å². The zero-order valence-corrected chi connectivity index (χ0v) is 12.6. The predicted octanol–water partition coefficient (Wildman–Crippen LogP) is 1.89. The van der Waals surface area contributed by atoms with Crippen molar-refractivity contribution < 1.29 is 18.3 Å².